The van der Waals surface area contributed by atoms with Crippen molar-refractivity contribution in [1.29, 1.82) is 0 Å². The highest BCUT2D eigenvalue weighted by atomic mass is 16.2. The van der Waals surface area contributed by atoms with Gasteiger partial charge < -0.3 is 9.80 Å². The summed E-state index contributed by atoms with van der Waals surface area (Å²) in [5, 5.41) is 0. The monoisotopic (exact) mass is 258 g/mol. The van der Waals surface area contributed by atoms with Crippen molar-refractivity contribution >= 4 is 11.6 Å². The van der Waals surface area contributed by atoms with Crippen molar-refractivity contribution in [3.8, 4) is 0 Å². The molecule has 0 spiro atoms. The molecule has 0 N–H and O–H groups in total. The zero-order valence-corrected chi connectivity index (χ0v) is 11.6. The molecule has 2 fully saturated rings. The predicted octanol–water partition coefficient (Wildman–Crippen LogP) is 2.38. The molecule has 1 aromatic rings. The molecule has 3 nitrogen and oxygen atoms in total. The third kappa shape index (κ3) is 2.75. The van der Waals surface area contributed by atoms with Gasteiger partial charge >= 0.3 is 0 Å². The minimum atomic E-state index is 0.239. The first-order valence-electron chi connectivity index (χ1n) is 7.34. The van der Waals surface area contributed by atoms with Crippen molar-refractivity contribution in [2.45, 2.75) is 19.8 Å². The van der Waals surface area contributed by atoms with Crippen LogP contribution < -0.4 is 4.90 Å². The van der Waals surface area contributed by atoms with E-state index in [2.05, 4.69) is 41.0 Å². The fourth-order valence-electron chi connectivity index (χ4n) is 2.91. The second-order valence-electron chi connectivity index (χ2n) is 5.77. The van der Waals surface area contributed by atoms with E-state index < -0.39 is 0 Å². The van der Waals surface area contributed by atoms with E-state index in [9.17, 15) is 4.79 Å². The number of benzene rings is 1. The molecule has 1 heterocycles. The standard InChI is InChI=1S/C16H22N2O/c1-13(14-7-8-14)16(19)18-11-9-17(10-12-18)15-5-3-2-4-6-15/h2-6,13-14H,7-12H2,1H3. The molecule has 0 aromatic heterocycles. The minimum Gasteiger partial charge on any atom is -0.368 e. The van der Waals surface area contributed by atoms with Gasteiger partial charge in [-0.1, -0.05) is 25.1 Å². The molecule has 1 amide bonds. The number of piperazine rings is 1. The van der Waals surface area contributed by atoms with Crippen LogP contribution >= 0.6 is 0 Å². The van der Waals surface area contributed by atoms with Crippen molar-refractivity contribution < 1.29 is 4.79 Å². The van der Waals surface area contributed by atoms with Crippen LogP contribution in [0.3, 0.4) is 0 Å². The number of carbonyl (C=O) groups is 1. The maximum Gasteiger partial charge on any atom is 0.225 e. The van der Waals surface area contributed by atoms with Crippen LogP contribution in [0, 0.1) is 11.8 Å². The summed E-state index contributed by atoms with van der Waals surface area (Å²) in [7, 11) is 0. The Labute approximate surface area is 115 Å². The molecule has 3 rings (SSSR count). The smallest absolute Gasteiger partial charge is 0.225 e. The molecule has 1 aliphatic carbocycles. The van der Waals surface area contributed by atoms with Crippen LogP contribution in [-0.4, -0.2) is 37.0 Å². The molecule has 1 aromatic carbocycles. The summed E-state index contributed by atoms with van der Waals surface area (Å²) in [6.45, 7) is 5.74. The van der Waals surface area contributed by atoms with E-state index in [4.69, 9.17) is 0 Å². The first-order chi connectivity index (χ1) is 9.25. The molecule has 102 valence electrons. The van der Waals surface area contributed by atoms with Crippen LogP contribution in [0.1, 0.15) is 19.8 Å². The van der Waals surface area contributed by atoms with Crippen LogP contribution in [-0.2, 0) is 4.79 Å². The van der Waals surface area contributed by atoms with Crippen LogP contribution in [0.25, 0.3) is 0 Å². The van der Waals surface area contributed by atoms with Crippen molar-refractivity contribution in [2.24, 2.45) is 11.8 Å². The molecular weight excluding hydrogens is 236 g/mol. The zero-order chi connectivity index (χ0) is 13.2. The molecular formula is C16H22N2O. The summed E-state index contributed by atoms with van der Waals surface area (Å²) in [5.41, 5.74) is 1.27. The van der Waals surface area contributed by atoms with E-state index >= 15 is 0 Å². The quantitative estimate of drug-likeness (QED) is 0.831. The van der Waals surface area contributed by atoms with E-state index in [1.165, 1.54) is 18.5 Å². The van der Waals surface area contributed by atoms with Gasteiger partial charge in [0, 0.05) is 37.8 Å². The van der Waals surface area contributed by atoms with Gasteiger partial charge in [0.05, 0.1) is 0 Å². The molecule has 0 bridgehead atoms. The molecule has 1 saturated heterocycles. The summed E-state index contributed by atoms with van der Waals surface area (Å²) in [6.07, 6.45) is 2.49. The molecule has 2 aliphatic rings. The number of hydrogen-bond donors (Lipinski definition) is 0. The van der Waals surface area contributed by atoms with Crippen molar-refractivity contribution in [1.82, 2.24) is 4.90 Å². The maximum atomic E-state index is 12.3. The average Bonchev–Trinajstić information content (AvgIpc) is 3.31. The topological polar surface area (TPSA) is 23.6 Å². The SMILES string of the molecule is CC(C(=O)N1CCN(c2ccccc2)CC1)C1CC1. The van der Waals surface area contributed by atoms with Crippen molar-refractivity contribution in [2.75, 3.05) is 31.1 Å². The van der Waals surface area contributed by atoms with Crippen LogP contribution in [0.2, 0.25) is 0 Å². The summed E-state index contributed by atoms with van der Waals surface area (Å²) in [5.74, 6) is 1.28. The zero-order valence-electron chi connectivity index (χ0n) is 11.6. The number of carbonyl (C=O) groups excluding carboxylic acids is 1. The molecule has 1 atom stereocenters. The molecule has 1 saturated carbocycles. The van der Waals surface area contributed by atoms with E-state index in [0.29, 0.717) is 11.8 Å². The maximum absolute atomic E-state index is 12.3. The first kappa shape index (κ1) is 12.5. The molecule has 3 heteroatoms. The average molecular weight is 258 g/mol. The van der Waals surface area contributed by atoms with Gasteiger partial charge in [-0.25, -0.2) is 0 Å². The number of nitrogens with zero attached hydrogens (tertiary/aromatic N) is 2. The summed E-state index contributed by atoms with van der Waals surface area (Å²) < 4.78 is 0. The largest absolute Gasteiger partial charge is 0.368 e. The van der Waals surface area contributed by atoms with E-state index in [1.54, 1.807) is 0 Å². The Morgan fingerprint density at radius 2 is 1.74 bits per heavy atom. The van der Waals surface area contributed by atoms with Gasteiger partial charge in [-0.15, -0.1) is 0 Å². The van der Waals surface area contributed by atoms with Gasteiger partial charge in [0.2, 0.25) is 5.91 Å². The van der Waals surface area contributed by atoms with E-state index in [-0.39, 0.29) is 5.92 Å². The molecule has 1 unspecified atom stereocenters. The number of anilines is 1. The summed E-state index contributed by atoms with van der Waals surface area (Å²) in [6, 6.07) is 10.5. The lowest BCUT2D eigenvalue weighted by Crippen LogP contribution is -2.50. The van der Waals surface area contributed by atoms with E-state index in [0.717, 1.165) is 26.2 Å². The lowest BCUT2D eigenvalue weighted by molar-refractivity contribution is -0.135. The first-order valence-corrected chi connectivity index (χ1v) is 7.34. The van der Waals surface area contributed by atoms with Crippen molar-refractivity contribution in [3.63, 3.8) is 0 Å². The highest BCUT2D eigenvalue weighted by Crippen LogP contribution is 2.37. The predicted molar refractivity (Wildman–Crippen MR) is 77.1 cm³/mol. The number of amides is 1. The lowest BCUT2D eigenvalue weighted by Gasteiger charge is -2.37. The number of rotatable bonds is 3. The second-order valence-corrected chi connectivity index (χ2v) is 5.77. The Hall–Kier alpha value is -1.51. The van der Waals surface area contributed by atoms with Crippen LogP contribution in [0.15, 0.2) is 30.3 Å². The van der Waals surface area contributed by atoms with Crippen molar-refractivity contribution in [3.05, 3.63) is 30.3 Å². The third-order valence-electron chi connectivity index (χ3n) is 4.43. The normalized spacial score (nSPS) is 21.3. The Morgan fingerprint density at radius 3 is 2.32 bits per heavy atom. The van der Waals surface area contributed by atoms with Gasteiger partial charge in [-0.05, 0) is 30.9 Å². The Kier molecular flexibility index (Phi) is 3.45. The third-order valence-corrected chi connectivity index (χ3v) is 4.43. The van der Waals surface area contributed by atoms with Gasteiger partial charge in [-0.2, -0.15) is 0 Å². The van der Waals surface area contributed by atoms with E-state index in [1.807, 2.05) is 6.07 Å². The van der Waals surface area contributed by atoms with Gasteiger partial charge in [0.15, 0.2) is 0 Å². The molecule has 0 radical (unpaired) electrons. The number of hydrogen-bond acceptors (Lipinski definition) is 2. The summed E-state index contributed by atoms with van der Waals surface area (Å²) >= 11 is 0. The summed E-state index contributed by atoms with van der Waals surface area (Å²) in [4.78, 5) is 16.8. The Bertz CT molecular complexity index is 433. The molecule has 19 heavy (non-hydrogen) atoms. The number of para-hydroxylation sites is 1. The fraction of sp³-hybridized carbons (Fsp3) is 0.562. The lowest BCUT2D eigenvalue weighted by atomic mass is 10.0. The molecule has 1 aliphatic heterocycles. The minimum absolute atomic E-state index is 0.239. The van der Waals surface area contributed by atoms with Gasteiger partial charge in [0.1, 0.15) is 0 Å². The highest BCUT2D eigenvalue weighted by molar-refractivity contribution is 5.79. The fourth-order valence-corrected chi connectivity index (χ4v) is 2.91. The Balaban J connectivity index is 1.56. The Morgan fingerprint density at radius 1 is 1.11 bits per heavy atom. The van der Waals surface area contributed by atoms with Crippen LogP contribution in [0.5, 0.6) is 0 Å². The van der Waals surface area contributed by atoms with Gasteiger partial charge in [0.25, 0.3) is 0 Å². The van der Waals surface area contributed by atoms with Gasteiger partial charge in [-0.3, -0.25) is 4.79 Å². The van der Waals surface area contributed by atoms with Crippen LogP contribution in [0.4, 0.5) is 5.69 Å². The second kappa shape index (κ2) is 5.24. The highest BCUT2D eigenvalue weighted by Gasteiger charge is 2.35.